The Labute approximate surface area is 85.0 Å². The first-order valence-corrected chi connectivity index (χ1v) is 4.21. The van der Waals surface area contributed by atoms with Crippen molar-refractivity contribution in [1.82, 2.24) is 0 Å². The van der Waals surface area contributed by atoms with Crippen LogP contribution < -0.4 is 0 Å². The van der Waals surface area contributed by atoms with Crippen molar-refractivity contribution < 1.29 is 32.6 Å². The number of aliphatic carboxylic acids is 1. The lowest BCUT2D eigenvalue weighted by Crippen LogP contribution is -2.21. The van der Waals surface area contributed by atoms with Crippen LogP contribution in [0.2, 0.25) is 0 Å². The minimum absolute atomic E-state index is 0.105. The SMILES string of the molecule is CCCOC(=O)CC.O=C(O)C(F)(F)F. The maximum Gasteiger partial charge on any atom is 0.490 e. The summed E-state index contributed by atoms with van der Waals surface area (Å²) in [5, 5.41) is 7.12. The fourth-order valence-corrected chi connectivity index (χ4v) is 0.318. The summed E-state index contributed by atoms with van der Waals surface area (Å²) in [5.74, 6) is -2.86. The average molecular weight is 230 g/mol. The summed E-state index contributed by atoms with van der Waals surface area (Å²) in [4.78, 5) is 19.2. The van der Waals surface area contributed by atoms with Crippen LogP contribution in [0.1, 0.15) is 26.7 Å². The number of rotatable bonds is 3. The van der Waals surface area contributed by atoms with Gasteiger partial charge in [0.25, 0.3) is 0 Å². The topological polar surface area (TPSA) is 63.6 Å². The molecule has 0 saturated carbocycles. The Hall–Kier alpha value is -1.27. The van der Waals surface area contributed by atoms with Gasteiger partial charge in [-0.15, -0.1) is 0 Å². The van der Waals surface area contributed by atoms with Gasteiger partial charge in [0.2, 0.25) is 0 Å². The largest absolute Gasteiger partial charge is 0.490 e. The van der Waals surface area contributed by atoms with E-state index in [1.165, 1.54) is 0 Å². The molecule has 0 unspecified atom stereocenters. The molecule has 0 spiro atoms. The zero-order valence-corrected chi connectivity index (χ0v) is 8.43. The maximum atomic E-state index is 10.6. The molecule has 0 aromatic rings. The minimum atomic E-state index is -5.08. The molecule has 0 saturated heterocycles. The van der Waals surface area contributed by atoms with Crippen LogP contribution in [0.25, 0.3) is 0 Å². The molecule has 0 radical (unpaired) electrons. The van der Waals surface area contributed by atoms with Gasteiger partial charge < -0.3 is 9.84 Å². The van der Waals surface area contributed by atoms with Crippen LogP contribution in [0.15, 0.2) is 0 Å². The molecule has 0 aliphatic rings. The van der Waals surface area contributed by atoms with Crippen molar-refractivity contribution in [3.05, 3.63) is 0 Å². The smallest absolute Gasteiger partial charge is 0.475 e. The number of halogens is 3. The lowest BCUT2D eigenvalue weighted by atomic mass is 10.5. The Morgan fingerprint density at radius 3 is 1.87 bits per heavy atom. The normalized spacial score (nSPS) is 9.93. The highest BCUT2D eigenvalue weighted by atomic mass is 19.4. The third-order valence-electron chi connectivity index (χ3n) is 0.998. The average Bonchev–Trinajstić information content (AvgIpc) is 2.13. The fraction of sp³-hybridized carbons (Fsp3) is 0.750. The van der Waals surface area contributed by atoms with Crippen LogP contribution in [0.3, 0.4) is 0 Å². The summed E-state index contributed by atoms with van der Waals surface area (Å²) in [6.45, 7) is 4.33. The number of ether oxygens (including phenoxy) is 1. The van der Waals surface area contributed by atoms with Crippen LogP contribution in [0, 0.1) is 0 Å². The highest BCUT2D eigenvalue weighted by molar-refractivity contribution is 5.73. The summed E-state index contributed by atoms with van der Waals surface area (Å²) in [5.41, 5.74) is 0. The van der Waals surface area contributed by atoms with E-state index in [0.717, 1.165) is 6.42 Å². The predicted octanol–water partition coefficient (Wildman–Crippen LogP) is 1.98. The zero-order chi connectivity index (χ0) is 12.5. The van der Waals surface area contributed by atoms with Crippen molar-refractivity contribution in [1.29, 1.82) is 0 Å². The summed E-state index contributed by atoms with van der Waals surface area (Å²) >= 11 is 0. The summed E-state index contributed by atoms with van der Waals surface area (Å²) in [7, 11) is 0. The summed E-state index contributed by atoms with van der Waals surface area (Å²) in [6.07, 6.45) is -3.69. The molecule has 0 aliphatic carbocycles. The zero-order valence-electron chi connectivity index (χ0n) is 8.43. The van der Waals surface area contributed by atoms with Gasteiger partial charge >= 0.3 is 18.1 Å². The Morgan fingerprint density at radius 2 is 1.67 bits per heavy atom. The molecule has 0 amide bonds. The Balaban J connectivity index is 0. The number of hydrogen-bond donors (Lipinski definition) is 1. The van der Waals surface area contributed by atoms with Crippen LogP contribution in [-0.2, 0) is 14.3 Å². The number of carboxylic acid groups (broad SMARTS) is 1. The van der Waals surface area contributed by atoms with Gasteiger partial charge in [-0.2, -0.15) is 13.2 Å². The first-order chi connectivity index (χ1) is 6.75. The maximum absolute atomic E-state index is 10.6. The van der Waals surface area contributed by atoms with Gasteiger partial charge in [0.05, 0.1) is 6.61 Å². The van der Waals surface area contributed by atoms with Gasteiger partial charge in [-0.1, -0.05) is 13.8 Å². The van der Waals surface area contributed by atoms with Gasteiger partial charge in [-0.05, 0) is 6.42 Å². The monoisotopic (exact) mass is 230 g/mol. The van der Waals surface area contributed by atoms with Crippen molar-refractivity contribution in [2.75, 3.05) is 6.61 Å². The molecule has 0 atom stereocenters. The number of carbonyl (C=O) groups is 2. The van der Waals surface area contributed by atoms with E-state index in [-0.39, 0.29) is 5.97 Å². The van der Waals surface area contributed by atoms with Crippen LogP contribution >= 0.6 is 0 Å². The Morgan fingerprint density at radius 1 is 1.27 bits per heavy atom. The lowest BCUT2D eigenvalue weighted by Gasteiger charge is -1.97. The number of carbonyl (C=O) groups excluding carboxylic acids is 1. The van der Waals surface area contributed by atoms with E-state index >= 15 is 0 Å². The van der Waals surface area contributed by atoms with E-state index in [2.05, 4.69) is 0 Å². The highest BCUT2D eigenvalue weighted by Crippen LogP contribution is 2.13. The molecular formula is C8H13F3O4. The Kier molecular flexibility index (Phi) is 8.70. The number of hydrogen-bond acceptors (Lipinski definition) is 3. The van der Waals surface area contributed by atoms with Crippen LogP contribution in [-0.4, -0.2) is 29.8 Å². The first-order valence-electron chi connectivity index (χ1n) is 4.21. The van der Waals surface area contributed by atoms with Gasteiger partial charge in [-0.3, -0.25) is 4.79 Å². The third kappa shape index (κ3) is 12.7. The molecule has 0 aromatic heterocycles. The van der Waals surface area contributed by atoms with Gasteiger partial charge in [0.1, 0.15) is 0 Å². The second-order valence-corrected chi connectivity index (χ2v) is 2.38. The van der Waals surface area contributed by atoms with Crippen molar-refractivity contribution >= 4 is 11.9 Å². The van der Waals surface area contributed by atoms with E-state index in [1.54, 1.807) is 6.92 Å². The quantitative estimate of drug-likeness (QED) is 0.753. The van der Waals surface area contributed by atoms with Crippen molar-refractivity contribution in [3.63, 3.8) is 0 Å². The standard InChI is InChI=1S/C6H12O2.C2HF3O2/c1-3-5-8-6(7)4-2;3-2(4,5)1(6)7/h3-5H2,1-2H3;(H,6,7). The third-order valence-corrected chi connectivity index (χ3v) is 0.998. The van der Waals surface area contributed by atoms with E-state index in [0.29, 0.717) is 13.0 Å². The molecule has 1 N–H and O–H groups in total. The molecule has 0 fully saturated rings. The van der Waals surface area contributed by atoms with Gasteiger partial charge in [0.15, 0.2) is 0 Å². The van der Waals surface area contributed by atoms with E-state index in [4.69, 9.17) is 14.6 Å². The van der Waals surface area contributed by atoms with Gasteiger partial charge in [0, 0.05) is 6.42 Å². The molecule has 90 valence electrons. The number of esters is 1. The fourth-order valence-electron chi connectivity index (χ4n) is 0.318. The molecule has 0 aliphatic heterocycles. The van der Waals surface area contributed by atoms with Gasteiger partial charge in [-0.25, -0.2) is 4.79 Å². The summed E-state index contributed by atoms with van der Waals surface area (Å²) in [6, 6.07) is 0. The van der Waals surface area contributed by atoms with Crippen molar-refractivity contribution in [2.24, 2.45) is 0 Å². The van der Waals surface area contributed by atoms with Crippen LogP contribution in [0.5, 0.6) is 0 Å². The highest BCUT2D eigenvalue weighted by Gasteiger charge is 2.38. The second-order valence-electron chi connectivity index (χ2n) is 2.38. The molecule has 4 nitrogen and oxygen atoms in total. The second kappa shape index (κ2) is 8.07. The first kappa shape index (κ1) is 16.2. The lowest BCUT2D eigenvalue weighted by molar-refractivity contribution is -0.192. The van der Waals surface area contributed by atoms with Crippen LogP contribution in [0.4, 0.5) is 13.2 Å². The summed E-state index contributed by atoms with van der Waals surface area (Å²) < 4.78 is 36.4. The molecular weight excluding hydrogens is 217 g/mol. The molecule has 7 heteroatoms. The van der Waals surface area contributed by atoms with Crippen molar-refractivity contribution in [2.45, 2.75) is 32.9 Å². The molecule has 0 aromatic carbocycles. The van der Waals surface area contributed by atoms with E-state index < -0.39 is 12.1 Å². The van der Waals surface area contributed by atoms with E-state index in [1.807, 2.05) is 6.92 Å². The predicted molar refractivity (Wildman–Crippen MR) is 45.2 cm³/mol. The number of carboxylic acids is 1. The molecule has 15 heavy (non-hydrogen) atoms. The molecule has 0 heterocycles. The van der Waals surface area contributed by atoms with E-state index in [9.17, 15) is 18.0 Å². The number of alkyl halides is 3. The Bertz CT molecular complexity index is 201. The molecule has 0 bridgehead atoms. The minimum Gasteiger partial charge on any atom is -0.475 e. The molecule has 0 rings (SSSR count). The van der Waals surface area contributed by atoms with Crippen molar-refractivity contribution in [3.8, 4) is 0 Å².